The summed E-state index contributed by atoms with van der Waals surface area (Å²) in [4.78, 5) is 0. The molecular formula is C3H8O4S. The summed E-state index contributed by atoms with van der Waals surface area (Å²) < 4.78 is 19.5. The van der Waals surface area contributed by atoms with E-state index >= 15 is 0 Å². The molecule has 2 N–H and O–H groups in total. The lowest BCUT2D eigenvalue weighted by Gasteiger charge is -1.97. The summed E-state index contributed by atoms with van der Waals surface area (Å²) in [5, 5.41) is 16.5. The normalized spacial score (nSPS) is 14.4. The van der Waals surface area contributed by atoms with Crippen LogP contribution in [-0.2, 0) is 10.7 Å². The van der Waals surface area contributed by atoms with Crippen LogP contribution in [-0.4, -0.2) is 37.1 Å². The van der Waals surface area contributed by atoms with Crippen molar-refractivity contribution in [1.82, 2.24) is 0 Å². The average Bonchev–Trinajstić information content (AvgIpc) is 1.65. The maximum atomic E-state index is 9.73. The third-order valence-electron chi connectivity index (χ3n) is 0.571. The highest BCUT2D eigenvalue weighted by Gasteiger charge is 2.00. The zero-order chi connectivity index (χ0) is 6.57. The highest BCUT2D eigenvalue weighted by molar-refractivity contribution is 7.72. The van der Waals surface area contributed by atoms with E-state index in [4.69, 9.17) is 10.2 Å². The van der Waals surface area contributed by atoms with Crippen LogP contribution in [0.1, 0.15) is 0 Å². The quantitative estimate of drug-likeness (QED) is 0.394. The van der Waals surface area contributed by atoms with Gasteiger partial charge in [-0.3, -0.25) is 0 Å². The van der Waals surface area contributed by atoms with Gasteiger partial charge in [-0.2, -0.15) is 0 Å². The Kier molecular flexibility index (Phi) is 3.76. The van der Waals surface area contributed by atoms with Crippen molar-refractivity contribution in [3.05, 3.63) is 0 Å². The smallest absolute Gasteiger partial charge is 0.142 e. The number of thiol groups is 1. The van der Waals surface area contributed by atoms with Crippen LogP contribution in [0.15, 0.2) is 0 Å². The molecule has 0 saturated carbocycles. The number of aliphatic hydroxyl groups excluding tert-OH is 2. The predicted molar refractivity (Wildman–Crippen MR) is 28.3 cm³/mol. The van der Waals surface area contributed by atoms with Gasteiger partial charge in [-0.25, -0.2) is 8.42 Å². The fraction of sp³-hybridized carbons (Fsp3) is 1.00. The summed E-state index contributed by atoms with van der Waals surface area (Å²) in [7, 11) is -2.56. The second-order valence-electron chi connectivity index (χ2n) is 1.35. The molecule has 1 atom stereocenters. The van der Waals surface area contributed by atoms with Gasteiger partial charge in [-0.1, -0.05) is 0 Å². The molecule has 0 aliphatic heterocycles. The predicted octanol–water partition coefficient (Wildman–Crippen LogP) is -2.05. The highest BCUT2D eigenvalue weighted by atomic mass is 32.2. The largest absolute Gasteiger partial charge is 0.394 e. The van der Waals surface area contributed by atoms with Crippen molar-refractivity contribution in [3.8, 4) is 0 Å². The standard InChI is InChI=1S/C3H8O4S/c4-1-3(5)2-8(6)7/h3-5,8H,1-2H2/t3-/m1/s1. The fourth-order valence-corrected chi connectivity index (χ4v) is 0.689. The minimum absolute atomic E-state index is 0.355. The molecule has 0 aliphatic rings. The van der Waals surface area contributed by atoms with E-state index in [-0.39, 0.29) is 5.75 Å². The molecule has 0 radical (unpaired) electrons. The first-order valence-corrected chi connectivity index (χ1v) is 3.44. The van der Waals surface area contributed by atoms with Gasteiger partial charge in [0.15, 0.2) is 0 Å². The van der Waals surface area contributed by atoms with E-state index in [1.165, 1.54) is 0 Å². The number of aliphatic hydroxyl groups is 2. The van der Waals surface area contributed by atoms with Gasteiger partial charge in [-0.15, -0.1) is 0 Å². The molecule has 0 bridgehead atoms. The van der Waals surface area contributed by atoms with Gasteiger partial charge < -0.3 is 10.2 Å². The minimum atomic E-state index is -2.56. The van der Waals surface area contributed by atoms with Crippen LogP contribution < -0.4 is 0 Å². The molecule has 0 aromatic carbocycles. The zero-order valence-corrected chi connectivity index (χ0v) is 5.04. The van der Waals surface area contributed by atoms with E-state index in [1.54, 1.807) is 0 Å². The maximum absolute atomic E-state index is 9.73. The average molecular weight is 140 g/mol. The van der Waals surface area contributed by atoms with Gasteiger partial charge in [0.25, 0.3) is 0 Å². The molecule has 8 heavy (non-hydrogen) atoms. The maximum Gasteiger partial charge on any atom is 0.142 e. The summed E-state index contributed by atoms with van der Waals surface area (Å²) >= 11 is 0. The van der Waals surface area contributed by atoms with E-state index in [2.05, 4.69) is 0 Å². The van der Waals surface area contributed by atoms with Gasteiger partial charge in [0.2, 0.25) is 0 Å². The number of rotatable bonds is 3. The van der Waals surface area contributed by atoms with Crippen molar-refractivity contribution in [1.29, 1.82) is 0 Å². The van der Waals surface area contributed by atoms with Gasteiger partial charge in [0.05, 0.1) is 18.5 Å². The summed E-state index contributed by atoms with van der Waals surface area (Å²) in [5.74, 6) is -0.355. The van der Waals surface area contributed by atoms with Crippen molar-refractivity contribution < 1.29 is 18.6 Å². The van der Waals surface area contributed by atoms with Crippen LogP contribution in [0.4, 0.5) is 0 Å². The molecular weight excluding hydrogens is 132 g/mol. The van der Waals surface area contributed by atoms with Gasteiger partial charge >= 0.3 is 0 Å². The minimum Gasteiger partial charge on any atom is -0.394 e. The molecule has 0 aromatic rings. The van der Waals surface area contributed by atoms with Gasteiger partial charge in [0, 0.05) is 0 Å². The number of hydrogen-bond acceptors (Lipinski definition) is 4. The first kappa shape index (κ1) is 7.87. The lowest BCUT2D eigenvalue weighted by atomic mass is 10.4. The summed E-state index contributed by atoms with van der Waals surface area (Å²) in [6.07, 6.45) is -1.11. The third kappa shape index (κ3) is 4.04. The molecule has 0 unspecified atom stereocenters. The zero-order valence-electron chi connectivity index (χ0n) is 4.15. The fourth-order valence-electron chi connectivity index (χ4n) is 0.230. The second kappa shape index (κ2) is 3.82. The summed E-state index contributed by atoms with van der Waals surface area (Å²) in [6.45, 7) is -0.497. The first-order valence-electron chi connectivity index (χ1n) is 2.07. The summed E-state index contributed by atoms with van der Waals surface area (Å²) in [5.41, 5.74) is 0. The van der Waals surface area contributed by atoms with Crippen molar-refractivity contribution in [3.63, 3.8) is 0 Å². The molecule has 0 spiro atoms. The lowest BCUT2D eigenvalue weighted by Crippen LogP contribution is -2.17. The SMILES string of the molecule is O=[SH](=O)C[C@H](O)CO. The van der Waals surface area contributed by atoms with Crippen molar-refractivity contribution in [2.45, 2.75) is 6.10 Å². The molecule has 50 valence electrons. The molecule has 0 fully saturated rings. The topological polar surface area (TPSA) is 74.6 Å². The highest BCUT2D eigenvalue weighted by Crippen LogP contribution is 1.78. The van der Waals surface area contributed by atoms with Crippen LogP contribution in [0.25, 0.3) is 0 Å². The lowest BCUT2D eigenvalue weighted by molar-refractivity contribution is 0.112. The monoisotopic (exact) mass is 140 g/mol. The Bertz CT molecular complexity index is 110. The molecule has 0 aliphatic carbocycles. The van der Waals surface area contributed by atoms with E-state index in [0.717, 1.165) is 0 Å². The molecule has 0 heterocycles. The number of hydrogen-bond donors (Lipinski definition) is 3. The van der Waals surface area contributed by atoms with Gasteiger partial charge in [-0.05, 0) is 0 Å². The Balaban J connectivity index is 3.39. The van der Waals surface area contributed by atoms with Crippen molar-refractivity contribution >= 4 is 10.7 Å². The van der Waals surface area contributed by atoms with Crippen molar-refractivity contribution in [2.75, 3.05) is 12.4 Å². The molecule has 4 nitrogen and oxygen atoms in total. The van der Waals surface area contributed by atoms with E-state index in [0.29, 0.717) is 0 Å². The van der Waals surface area contributed by atoms with E-state index in [9.17, 15) is 8.42 Å². The summed E-state index contributed by atoms with van der Waals surface area (Å²) in [6, 6.07) is 0. The van der Waals surface area contributed by atoms with Crippen LogP contribution in [0.2, 0.25) is 0 Å². The molecule has 0 amide bonds. The van der Waals surface area contributed by atoms with Gasteiger partial charge in [0.1, 0.15) is 10.7 Å². The Morgan fingerprint density at radius 2 is 2.00 bits per heavy atom. The Hall–Kier alpha value is -0.130. The Labute approximate surface area is 48.7 Å². The van der Waals surface area contributed by atoms with E-state index in [1.807, 2.05) is 0 Å². The second-order valence-corrected chi connectivity index (χ2v) is 2.38. The van der Waals surface area contributed by atoms with Crippen LogP contribution in [0.5, 0.6) is 0 Å². The first-order chi connectivity index (χ1) is 3.66. The molecule has 5 heteroatoms. The third-order valence-corrected chi connectivity index (χ3v) is 1.29. The van der Waals surface area contributed by atoms with E-state index < -0.39 is 23.4 Å². The Morgan fingerprint density at radius 3 is 2.12 bits per heavy atom. The van der Waals surface area contributed by atoms with Crippen LogP contribution in [0, 0.1) is 0 Å². The van der Waals surface area contributed by atoms with Crippen LogP contribution in [0.3, 0.4) is 0 Å². The molecule has 0 saturated heterocycles. The Morgan fingerprint density at radius 1 is 1.50 bits per heavy atom. The molecule has 0 rings (SSSR count). The van der Waals surface area contributed by atoms with Crippen LogP contribution >= 0.6 is 0 Å². The van der Waals surface area contributed by atoms with Crippen molar-refractivity contribution in [2.24, 2.45) is 0 Å². The molecule has 0 aromatic heterocycles.